The highest BCUT2D eigenvalue weighted by molar-refractivity contribution is 5.94. The van der Waals surface area contributed by atoms with E-state index in [1.165, 1.54) is 25.5 Å². The molecule has 4 heterocycles. The fourth-order valence-corrected chi connectivity index (χ4v) is 4.21. The molecule has 1 aliphatic carbocycles. The second-order valence-electron chi connectivity index (χ2n) is 7.64. The monoisotopic (exact) mass is 344 g/mol. The Morgan fingerprint density at radius 1 is 1.24 bits per heavy atom. The number of hydrogen-bond acceptors (Lipinski definition) is 4. The van der Waals surface area contributed by atoms with Crippen molar-refractivity contribution in [1.29, 1.82) is 0 Å². The Morgan fingerprint density at radius 2 is 2.04 bits per heavy atom. The Hall–Kier alpha value is -2.18. The number of aryl methyl sites for hydroxylation is 1. The van der Waals surface area contributed by atoms with E-state index in [1.54, 1.807) is 11.8 Å². The number of fused-ring (bicyclic) bond motifs is 4. The van der Waals surface area contributed by atoms with Gasteiger partial charge in [0.2, 0.25) is 5.91 Å². The average Bonchev–Trinajstić information content (AvgIpc) is 2.82. The number of carbonyl (C=O) groups is 2. The number of aromatic amines is 1. The van der Waals surface area contributed by atoms with Crippen molar-refractivity contribution in [3.63, 3.8) is 0 Å². The van der Waals surface area contributed by atoms with Crippen LogP contribution in [0.15, 0.2) is 11.0 Å². The first-order valence-electron chi connectivity index (χ1n) is 9.18. The van der Waals surface area contributed by atoms with E-state index in [-0.39, 0.29) is 29.3 Å². The summed E-state index contributed by atoms with van der Waals surface area (Å²) < 4.78 is 0. The minimum absolute atomic E-state index is 0.0601. The molecule has 1 N–H and O–H groups in total. The van der Waals surface area contributed by atoms with E-state index in [4.69, 9.17) is 0 Å². The maximum absolute atomic E-state index is 12.8. The molecule has 3 aliphatic heterocycles. The molecule has 0 spiro atoms. The molecule has 3 saturated heterocycles. The van der Waals surface area contributed by atoms with Crippen molar-refractivity contribution in [3.8, 4) is 0 Å². The number of H-pyrrole nitrogens is 1. The molecule has 0 aromatic carbocycles. The second kappa shape index (κ2) is 6.28. The molecule has 7 heteroatoms. The second-order valence-corrected chi connectivity index (χ2v) is 7.64. The summed E-state index contributed by atoms with van der Waals surface area (Å²) in [5, 5.41) is 0. The molecule has 4 fully saturated rings. The topological polar surface area (TPSA) is 86.4 Å². The first-order chi connectivity index (χ1) is 12.0. The van der Waals surface area contributed by atoms with E-state index in [1.807, 2.05) is 4.90 Å². The third-order valence-corrected chi connectivity index (χ3v) is 5.92. The largest absolute Gasteiger partial charge is 0.337 e. The molecule has 1 saturated carbocycles. The number of hydrogen-bond donors (Lipinski definition) is 1. The maximum atomic E-state index is 12.8. The van der Waals surface area contributed by atoms with E-state index >= 15 is 0 Å². The zero-order chi connectivity index (χ0) is 17.6. The van der Waals surface area contributed by atoms with Gasteiger partial charge in [-0.25, -0.2) is 4.98 Å². The predicted octanol–water partition coefficient (Wildman–Crippen LogP) is 0.941. The van der Waals surface area contributed by atoms with Crippen LogP contribution in [0.5, 0.6) is 0 Å². The highest BCUT2D eigenvalue weighted by Gasteiger charge is 2.43. The van der Waals surface area contributed by atoms with Gasteiger partial charge in [0.05, 0.1) is 5.92 Å². The van der Waals surface area contributed by atoms with Crippen molar-refractivity contribution in [2.75, 3.05) is 19.6 Å². The molecule has 0 unspecified atom stereocenters. The normalized spacial score (nSPS) is 26.5. The lowest BCUT2D eigenvalue weighted by atomic mass is 9.83. The lowest BCUT2D eigenvalue weighted by molar-refractivity contribution is -0.141. The van der Waals surface area contributed by atoms with Crippen LogP contribution in [0.4, 0.5) is 0 Å². The van der Waals surface area contributed by atoms with Gasteiger partial charge in [0, 0.05) is 31.9 Å². The van der Waals surface area contributed by atoms with Crippen molar-refractivity contribution in [1.82, 2.24) is 19.8 Å². The summed E-state index contributed by atoms with van der Waals surface area (Å²) >= 11 is 0. The Kier molecular flexibility index (Phi) is 4.09. The smallest absolute Gasteiger partial charge is 0.263 e. The Balaban J connectivity index is 1.55. The van der Waals surface area contributed by atoms with E-state index < -0.39 is 5.56 Å². The maximum Gasteiger partial charge on any atom is 0.263 e. The molecule has 0 radical (unpaired) electrons. The van der Waals surface area contributed by atoms with Gasteiger partial charge in [0.25, 0.3) is 11.5 Å². The molecular weight excluding hydrogens is 320 g/mol. The van der Waals surface area contributed by atoms with E-state index in [0.29, 0.717) is 24.8 Å². The Morgan fingerprint density at radius 3 is 2.72 bits per heavy atom. The third kappa shape index (κ3) is 2.96. The fourth-order valence-electron chi connectivity index (χ4n) is 4.21. The number of nitrogens with one attached hydrogen (secondary N) is 1. The number of nitrogens with zero attached hydrogens (tertiary/aromatic N) is 3. The summed E-state index contributed by atoms with van der Waals surface area (Å²) in [4.78, 5) is 48.1. The standard InChI is InChI=1S/C18H24N4O3/c1-11-19-7-15(16(23)20-11)18(25)21-9-13-5-6-14(10-21)22(17(13)24)8-12-3-2-4-12/h7,12-14H,2-6,8-10H2,1H3,(H,19,20,23)/t13-,14+/m1/s1. The summed E-state index contributed by atoms with van der Waals surface area (Å²) in [5.74, 6) is 0.842. The van der Waals surface area contributed by atoms with Gasteiger partial charge in [-0.1, -0.05) is 6.42 Å². The predicted molar refractivity (Wildman–Crippen MR) is 91.1 cm³/mol. The third-order valence-electron chi connectivity index (χ3n) is 5.92. The van der Waals surface area contributed by atoms with Gasteiger partial charge in [0.15, 0.2) is 0 Å². The molecule has 1 aromatic rings. The molecule has 4 aliphatic rings. The molecule has 25 heavy (non-hydrogen) atoms. The first-order valence-corrected chi connectivity index (χ1v) is 9.18. The van der Waals surface area contributed by atoms with Crippen LogP contribution in [0.25, 0.3) is 0 Å². The van der Waals surface area contributed by atoms with E-state index in [0.717, 1.165) is 19.4 Å². The molecule has 7 nitrogen and oxygen atoms in total. The molecule has 2 atom stereocenters. The van der Waals surface area contributed by atoms with Crippen molar-refractivity contribution in [3.05, 3.63) is 27.9 Å². The average molecular weight is 344 g/mol. The molecule has 2 amide bonds. The van der Waals surface area contributed by atoms with Crippen molar-refractivity contribution < 1.29 is 9.59 Å². The Labute approximate surface area is 146 Å². The molecule has 134 valence electrons. The minimum atomic E-state index is -0.410. The lowest BCUT2D eigenvalue weighted by Gasteiger charge is -2.40. The van der Waals surface area contributed by atoms with Gasteiger partial charge in [-0.3, -0.25) is 14.4 Å². The number of amides is 2. The number of rotatable bonds is 3. The quantitative estimate of drug-likeness (QED) is 0.884. The van der Waals surface area contributed by atoms with Gasteiger partial charge >= 0.3 is 0 Å². The van der Waals surface area contributed by atoms with Crippen LogP contribution in [0, 0.1) is 18.8 Å². The molecule has 2 bridgehead atoms. The van der Waals surface area contributed by atoms with Crippen LogP contribution < -0.4 is 5.56 Å². The summed E-state index contributed by atoms with van der Waals surface area (Å²) in [7, 11) is 0. The number of carbonyl (C=O) groups excluding carboxylic acids is 2. The van der Waals surface area contributed by atoms with Crippen LogP contribution in [-0.2, 0) is 4.79 Å². The highest BCUT2D eigenvalue weighted by Crippen LogP contribution is 2.34. The van der Waals surface area contributed by atoms with Crippen molar-refractivity contribution >= 4 is 11.8 Å². The van der Waals surface area contributed by atoms with Crippen molar-refractivity contribution in [2.45, 2.75) is 45.1 Å². The fraction of sp³-hybridized carbons (Fsp3) is 0.667. The van der Waals surface area contributed by atoms with Gasteiger partial charge in [-0.15, -0.1) is 0 Å². The minimum Gasteiger partial charge on any atom is -0.337 e. The van der Waals surface area contributed by atoms with Gasteiger partial charge in [-0.2, -0.15) is 0 Å². The highest BCUT2D eigenvalue weighted by atomic mass is 16.2. The van der Waals surface area contributed by atoms with E-state index in [2.05, 4.69) is 9.97 Å². The zero-order valence-corrected chi connectivity index (χ0v) is 14.5. The van der Waals surface area contributed by atoms with Gasteiger partial charge < -0.3 is 14.8 Å². The molecular formula is C18H24N4O3. The number of piperidine rings is 1. The first kappa shape index (κ1) is 16.3. The summed E-state index contributed by atoms with van der Waals surface area (Å²) in [6, 6.07) is 0.0771. The Bertz CT molecular complexity index is 755. The summed E-state index contributed by atoms with van der Waals surface area (Å²) in [5.41, 5.74) is -0.350. The molecule has 5 rings (SSSR count). The van der Waals surface area contributed by atoms with Crippen LogP contribution in [0.1, 0.15) is 48.3 Å². The van der Waals surface area contributed by atoms with Gasteiger partial charge in [0.1, 0.15) is 11.4 Å². The van der Waals surface area contributed by atoms with Crippen LogP contribution in [0.2, 0.25) is 0 Å². The summed E-state index contributed by atoms with van der Waals surface area (Å²) in [6.07, 6.45) is 6.78. The summed E-state index contributed by atoms with van der Waals surface area (Å²) in [6.45, 7) is 3.43. The van der Waals surface area contributed by atoms with Crippen molar-refractivity contribution in [2.24, 2.45) is 11.8 Å². The molecule has 1 aromatic heterocycles. The van der Waals surface area contributed by atoms with E-state index in [9.17, 15) is 14.4 Å². The van der Waals surface area contributed by atoms with Crippen LogP contribution in [0.3, 0.4) is 0 Å². The van der Waals surface area contributed by atoms with Crippen LogP contribution in [-0.4, -0.2) is 57.3 Å². The lowest BCUT2D eigenvalue weighted by Crippen LogP contribution is -2.50. The van der Waals surface area contributed by atoms with Crippen LogP contribution >= 0.6 is 0 Å². The number of aromatic nitrogens is 2. The SMILES string of the molecule is Cc1ncc(C(=O)N2C[C@H]3CC[C@@H](C2)N(CC2CCC2)C3=O)c(=O)[nH]1. The van der Waals surface area contributed by atoms with Gasteiger partial charge in [-0.05, 0) is 38.5 Å². The zero-order valence-electron chi connectivity index (χ0n) is 14.5.